The molecule has 0 spiro atoms. The number of aromatic nitrogens is 1. The number of nitrogens with zero attached hydrogens (tertiary/aromatic N) is 1. The molecule has 3 aromatic rings. The van der Waals surface area contributed by atoms with E-state index >= 15 is 0 Å². The first kappa shape index (κ1) is 44.7. The van der Waals surface area contributed by atoms with Crippen LogP contribution in [0.25, 0.3) is 21.7 Å². The summed E-state index contributed by atoms with van der Waals surface area (Å²) in [6.07, 6.45) is 3.60. The van der Waals surface area contributed by atoms with Crippen molar-refractivity contribution in [3.05, 3.63) is 58.5 Å². The topological polar surface area (TPSA) is 212 Å². The number of nitrogens with one attached hydrogen (secondary N) is 1. The maximum absolute atomic E-state index is 14.7. The minimum Gasteiger partial charge on any atom is -0.507 e. The van der Waals surface area contributed by atoms with Crippen molar-refractivity contribution in [3.8, 4) is 17.2 Å². The molecule has 2 aromatic carbocycles. The van der Waals surface area contributed by atoms with Gasteiger partial charge in [0.15, 0.2) is 5.75 Å². The highest BCUT2D eigenvalue weighted by Gasteiger charge is 2.50. The predicted octanol–water partition coefficient (Wildman–Crippen LogP) is 6.12. The lowest BCUT2D eigenvalue weighted by molar-refractivity contribution is -0.160. The fourth-order valence-corrected chi connectivity index (χ4v) is 8.47. The van der Waals surface area contributed by atoms with Crippen LogP contribution >= 0.6 is 0 Å². The van der Waals surface area contributed by atoms with Crippen molar-refractivity contribution in [2.75, 3.05) is 19.5 Å². The van der Waals surface area contributed by atoms with E-state index in [-0.39, 0.29) is 61.9 Å². The Morgan fingerprint density at radius 1 is 0.932 bits per heavy atom. The van der Waals surface area contributed by atoms with Gasteiger partial charge in [0.2, 0.25) is 0 Å². The number of rotatable bonds is 4. The lowest BCUT2D eigenvalue weighted by atomic mass is 9.78. The molecule has 3 heterocycles. The molecule has 320 valence electrons. The molecule has 4 bridgehead atoms. The first-order chi connectivity index (χ1) is 27.7. The molecule has 0 aliphatic carbocycles. The lowest BCUT2D eigenvalue weighted by Gasteiger charge is -2.38. The maximum Gasteiger partial charge on any atom is 0.340 e. The van der Waals surface area contributed by atoms with Crippen molar-refractivity contribution in [1.82, 2.24) is 4.57 Å². The molecule has 0 radical (unpaired) electrons. The van der Waals surface area contributed by atoms with Crippen molar-refractivity contribution in [3.63, 3.8) is 0 Å². The molecule has 1 aromatic heterocycles. The van der Waals surface area contributed by atoms with Crippen LogP contribution in [0.2, 0.25) is 0 Å². The molecular formula is C44H56N2O13. The van der Waals surface area contributed by atoms with Crippen molar-refractivity contribution in [1.29, 1.82) is 0 Å². The zero-order valence-electron chi connectivity index (χ0n) is 35.6. The highest BCUT2D eigenvalue weighted by atomic mass is 16.7. The number of aliphatic hydroxyl groups excluding tert-OH is 2. The zero-order chi connectivity index (χ0) is 44.0. The number of carbonyl (C=O) groups excluding carboxylic acids is 4. The molecule has 2 aliphatic rings. The fourth-order valence-electron chi connectivity index (χ4n) is 8.47. The van der Waals surface area contributed by atoms with E-state index in [9.17, 15) is 39.6 Å². The van der Waals surface area contributed by atoms with E-state index in [0.717, 1.165) is 0 Å². The number of allylic oxidation sites excluding steroid dienone is 2. The summed E-state index contributed by atoms with van der Waals surface area (Å²) in [6, 6.07) is 0. The third-order valence-electron chi connectivity index (χ3n) is 12.0. The van der Waals surface area contributed by atoms with E-state index in [1.54, 1.807) is 51.3 Å². The first-order valence-electron chi connectivity index (χ1n) is 19.6. The maximum atomic E-state index is 14.7. The second-order valence-corrected chi connectivity index (χ2v) is 15.8. The summed E-state index contributed by atoms with van der Waals surface area (Å²) in [4.78, 5) is 54.5. The molecule has 15 heteroatoms. The fraction of sp³-hybridized carbons (Fsp3) is 0.500. The summed E-state index contributed by atoms with van der Waals surface area (Å²) in [7, 11) is 2.64. The lowest BCUT2D eigenvalue weighted by Crippen LogP contribution is -2.46. The van der Waals surface area contributed by atoms with Crippen LogP contribution in [0.3, 0.4) is 0 Å². The number of phenols is 2. The largest absolute Gasteiger partial charge is 0.507 e. The van der Waals surface area contributed by atoms with Gasteiger partial charge in [0, 0.05) is 78.8 Å². The normalized spacial score (nSPS) is 30.0. The number of Topliss-reactive ketones (excluding diaryl/α,β-unsaturated/α-hetero) is 1. The van der Waals surface area contributed by atoms with Gasteiger partial charge >= 0.3 is 17.7 Å². The van der Waals surface area contributed by atoms with Crippen LogP contribution in [0.1, 0.15) is 87.4 Å². The Bertz CT molecular complexity index is 2290. The number of aryl methyl sites for hydroxylation is 1. The summed E-state index contributed by atoms with van der Waals surface area (Å²) in [5, 5.41) is 49.5. The van der Waals surface area contributed by atoms with Crippen LogP contribution in [-0.4, -0.2) is 93.0 Å². The SMILES string of the molecule is CCn1c(C)c(C(=O)OC)c2c3c(O)c4c(O)c(C)c5c(c4c21)C(=O)C(C)(O/C=C\C(OC)C(C)C(OC(C)=O)C(C)C(O)C(C)C(O)C(C)/C=C\C=C(\C)C(=O)N3)O5. The molecule has 2 aliphatic heterocycles. The molecular weight excluding hydrogens is 764 g/mol. The van der Waals surface area contributed by atoms with Gasteiger partial charge in [-0.3, -0.25) is 14.4 Å². The van der Waals surface area contributed by atoms with E-state index in [0.29, 0.717) is 5.69 Å². The summed E-state index contributed by atoms with van der Waals surface area (Å²) in [5.41, 5.74) is 0.689. The van der Waals surface area contributed by atoms with Gasteiger partial charge in [0.05, 0.1) is 59.4 Å². The van der Waals surface area contributed by atoms with E-state index in [1.165, 1.54) is 60.3 Å². The Labute approximate surface area is 343 Å². The molecule has 5 rings (SSSR count). The number of aliphatic hydroxyl groups is 2. The van der Waals surface area contributed by atoms with Crippen LogP contribution in [0.5, 0.6) is 17.2 Å². The highest BCUT2D eigenvalue weighted by molar-refractivity contribution is 6.31. The minimum atomic E-state index is -2.02. The number of esters is 2. The van der Waals surface area contributed by atoms with Crippen LogP contribution in [0.4, 0.5) is 5.69 Å². The average Bonchev–Trinajstić information content (AvgIpc) is 3.64. The molecule has 1 amide bonds. The number of phenolic OH excluding ortho intramolecular Hbond substituents is 2. The monoisotopic (exact) mass is 820 g/mol. The number of ether oxygens (including phenoxy) is 5. The van der Waals surface area contributed by atoms with E-state index in [1.807, 2.05) is 6.92 Å². The second-order valence-electron chi connectivity index (χ2n) is 15.8. The van der Waals surface area contributed by atoms with Gasteiger partial charge in [-0.05, 0) is 33.8 Å². The number of anilines is 1. The molecule has 59 heavy (non-hydrogen) atoms. The Hall–Kier alpha value is -5.38. The van der Waals surface area contributed by atoms with Crippen LogP contribution in [-0.2, 0) is 35.1 Å². The summed E-state index contributed by atoms with van der Waals surface area (Å²) >= 11 is 0. The number of benzene rings is 2. The van der Waals surface area contributed by atoms with Crippen molar-refractivity contribution in [2.45, 2.75) is 106 Å². The van der Waals surface area contributed by atoms with Gasteiger partial charge in [-0.1, -0.05) is 45.9 Å². The first-order valence-corrected chi connectivity index (χ1v) is 19.6. The molecule has 0 fully saturated rings. The summed E-state index contributed by atoms with van der Waals surface area (Å²) < 4.78 is 30.7. The number of fused-ring (bicyclic) bond motifs is 1. The van der Waals surface area contributed by atoms with Crippen LogP contribution in [0, 0.1) is 37.5 Å². The Morgan fingerprint density at radius 3 is 2.19 bits per heavy atom. The number of ketones is 1. The van der Waals surface area contributed by atoms with E-state index in [2.05, 4.69) is 5.32 Å². The van der Waals surface area contributed by atoms with Gasteiger partial charge in [-0.25, -0.2) is 4.79 Å². The highest BCUT2D eigenvalue weighted by Crippen LogP contribution is 2.55. The van der Waals surface area contributed by atoms with Gasteiger partial charge in [0.25, 0.3) is 11.7 Å². The van der Waals surface area contributed by atoms with Gasteiger partial charge in [0.1, 0.15) is 17.6 Å². The molecule has 15 nitrogen and oxygen atoms in total. The number of carbonyl (C=O) groups is 4. The van der Waals surface area contributed by atoms with Crippen molar-refractivity contribution >= 4 is 51.0 Å². The van der Waals surface area contributed by atoms with Crippen LogP contribution in [0.15, 0.2) is 36.1 Å². The predicted molar refractivity (Wildman–Crippen MR) is 219 cm³/mol. The molecule has 9 unspecified atom stereocenters. The Balaban J connectivity index is 1.82. The average molecular weight is 821 g/mol. The van der Waals surface area contributed by atoms with Crippen LogP contribution < -0.4 is 10.1 Å². The van der Waals surface area contributed by atoms with Crippen molar-refractivity contribution in [2.24, 2.45) is 23.7 Å². The van der Waals surface area contributed by atoms with E-state index < -0.39 is 89.0 Å². The molecule has 0 saturated heterocycles. The van der Waals surface area contributed by atoms with Gasteiger partial charge < -0.3 is 54.0 Å². The van der Waals surface area contributed by atoms with Gasteiger partial charge in [-0.2, -0.15) is 0 Å². The number of methoxy groups -OCH3 is 2. The molecule has 5 N–H and O–H groups in total. The Morgan fingerprint density at radius 2 is 1.59 bits per heavy atom. The number of amides is 1. The standard InChI is InChI=1S/C44H56N2O13/c1-13-46-25(8)28(43(54)56-12)30-33-38(51)31-29(34(30)46)32-40(24(7)37(31)50)59-44(10,41(32)52)57-18-17-27(55-11)21(4)39(58-26(9)47)23(6)36(49)22(5)35(48)19(2)15-14-16-20(3)42(53)45-33/h14-19,21-23,27,35-36,39,48-51H,13H2,1-12H3,(H,45,53)/b15-14-,18-17-,20-16-. The smallest absolute Gasteiger partial charge is 0.340 e. The molecule has 9 atom stereocenters. The quantitative estimate of drug-likeness (QED) is 0.149. The Kier molecular flexibility index (Phi) is 12.9. The second kappa shape index (κ2) is 17.1. The third kappa shape index (κ3) is 7.67. The third-order valence-corrected chi connectivity index (χ3v) is 12.0. The number of hydrogen-bond acceptors (Lipinski definition) is 13. The van der Waals surface area contributed by atoms with Crippen molar-refractivity contribution < 1.29 is 63.3 Å². The molecule has 0 saturated carbocycles. The van der Waals surface area contributed by atoms with Gasteiger partial charge in [-0.15, -0.1) is 0 Å². The summed E-state index contributed by atoms with van der Waals surface area (Å²) in [6.45, 7) is 16.3. The van der Waals surface area contributed by atoms with E-state index in [4.69, 9.17) is 23.7 Å². The summed E-state index contributed by atoms with van der Waals surface area (Å²) in [5.74, 6) is -8.30. The minimum absolute atomic E-state index is 0.0159. The number of hydrogen-bond donors (Lipinski definition) is 5. The number of aromatic hydroxyl groups is 2. The zero-order valence-corrected chi connectivity index (χ0v) is 35.6.